The van der Waals surface area contributed by atoms with Gasteiger partial charge < -0.3 is 5.11 Å². The van der Waals surface area contributed by atoms with Crippen molar-refractivity contribution in [1.82, 2.24) is 5.32 Å². The van der Waals surface area contributed by atoms with Gasteiger partial charge in [0.2, 0.25) is 0 Å². The molecule has 0 aromatic rings. The second-order valence-corrected chi connectivity index (χ2v) is 2.85. The lowest BCUT2D eigenvalue weighted by molar-refractivity contribution is -0.125. The van der Waals surface area contributed by atoms with E-state index >= 15 is 0 Å². The van der Waals surface area contributed by atoms with Gasteiger partial charge in [-0.25, -0.2) is 0 Å². The van der Waals surface area contributed by atoms with Gasteiger partial charge in [0.15, 0.2) is 5.76 Å². The van der Waals surface area contributed by atoms with Gasteiger partial charge in [-0.05, 0) is 0 Å². The number of amides is 2. The highest BCUT2D eigenvalue weighted by atomic mass is 16.3. The molecule has 0 bridgehead atoms. The van der Waals surface area contributed by atoms with E-state index in [-0.39, 0.29) is 11.5 Å². The fourth-order valence-electron chi connectivity index (χ4n) is 1.20. The predicted molar refractivity (Wildman–Crippen MR) is 45.4 cm³/mol. The van der Waals surface area contributed by atoms with E-state index in [1.165, 1.54) is 0 Å². The Kier molecular flexibility index (Phi) is 2.38. The van der Waals surface area contributed by atoms with E-state index in [1.54, 1.807) is 6.92 Å². The fraction of sp³-hybridized carbons (Fsp3) is 0.333. The molecule has 1 atom stereocenters. The van der Waals surface area contributed by atoms with Crippen LogP contribution in [0.2, 0.25) is 0 Å². The molecule has 1 unspecified atom stereocenters. The van der Waals surface area contributed by atoms with Crippen molar-refractivity contribution in [2.75, 3.05) is 0 Å². The normalized spacial score (nSPS) is 18.5. The van der Waals surface area contributed by atoms with Crippen LogP contribution in [0.1, 0.15) is 13.3 Å². The average molecular weight is 179 g/mol. The van der Waals surface area contributed by atoms with E-state index in [4.69, 9.17) is 6.42 Å². The van der Waals surface area contributed by atoms with Gasteiger partial charge in [0.05, 0.1) is 5.57 Å². The number of carbonyl (C=O) groups is 2. The number of hydrogen-bond donors (Lipinski definition) is 2. The quantitative estimate of drug-likeness (QED) is 0.467. The van der Waals surface area contributed by atoms with Crippen LogP contribution in [0.15, 0.2) is 11.3 Å². The summed E-state index contributed by atoms with van der Waals surface area (Å²) < 4.78 is 0. The van der Waals surface area contributed by atoms with Gasteiger partial charge >= 0.3 is 0 Å². The number of aliphatic hydroxyl groups is 1. The fourth-order valence-corrected chi connectivity index (χ4v) is 1.20. The zero-order valence-corrected chi connectivity index (χ0v) is 7.13. The molecule has 0 spiro atoms. The summed E-state index contributed by atoms with van der Waals surface area (Å²) in [5, 5.41) is 11.2. The smallest absolute Gasteiger partial charge is 0.293 e. The van der Waals surface area contributed by atoms with Crippen LogP contribution in [0, 0.1) is 18.3 Å². The number of hydrogen-bond acceptors (Lipinski definition) is 3. The molecule has 4 nitrogen and oxygen atoms in total. The van der Waals surface area contributed by atoms with E-state index in [0.717, 1.165) is 0 Å². The van der Waals surface area contributed by atoms with E-state index in [2.05, 4.69) is 5.92 Å². The highest BCUT2D eigenvalue weighted by molar-refractivity contribution is 6.18. The van der Waals surface area contributed by atoms with Crippen molar-refractivity contribution >= 4 is 11.8 Å². The monoisotopic (exact) mass is 179 g/mol. The van der Waals surface area contributed by atoms with Crippen LogP contribution in [-0.4, -0.2) is 16.9 Å². The summed E-state index contributed by atoms with van der Waals surface area (Å²) in [5.74, 6) is 0.265. The Hall–Kier alpha value is -1.76. The Morgan fingerprint density at radius 1 is 1.54 bits per heavy atom. The highest BCUT2D eigenvalue weighted by Crippen LogP contribution is 2.21. The molecule has 0 aliphatic carbocycles. The number of terminal acetylenes is 1. The first-order valence-electron chi connectivity index (χ1n) is 3.80. The maximum absolute atomic E-state index is 11.1. The third kappa shape index (κ3) is 1.54. The Morgan fingerprint density at radius 2 is 2.15 bits per heavy atom. The molecule has 1 rings (SSSR count). The van der Waals surface area contributed by atoms with Crippen molar-refractivity contribution in [3.8, 4) is 12.3 Å². The van der Waals surface area contributed by atoms with Crippen molar-refractivity contribution in [2.45, 2.75) is 13.3 Å². The summed E-state index contributed by atoms with van der Waals surface area (Å²) >= 11 is 0. The first kappa shape index (κ1) is 9.33. The SMILES string of the molecule is C#CCC(C)C1=C(O)C(=O)NC1=O. The molecule has 0 saturated carbocycles. The van der Waals surface area contributed by atoms with Gasteiger partial charge in [-0.3, -0.25) is 14.9 Å². The minimum atomic E-state index is -0.746. The Bertz CT molecular complexity index is 335. The zero-order chi connectivity index (χ0) is 10.0. The van der Waals surface area contributed by atoms with Crippen molar-refractivity contribution in [3.05, 3.63) is 11.3 Å². The van der Waals surface area contributed by atoms with Crippen LogP contribution in [-0.2, 0) is 9.59 Å². The summed E-state index contributed by atoms with van der Waals surface area (Å²) in [6.45, 7) is 1.68. The van der Waals surface area contributed by atoms with Gasteiger partial charge in [0, 0.05) is 12.3 Å². The number of rotatable bonds is 2. The van der Waals surface area contributed by atoms with Gasteiger partial charge in [-0.15, -0.1) is 12.3 Å². The lowest BCUT2D eigenvalue weighted by Crippen LogP contribution is -2.24. The number of imide groups is 1. The Morgan fingerprint density at radius 3 is 2.54 bits per heavy atom. The molecular formula is C9H9NO3. The lowest BCUT2D eigenvalue weighted by atomic mass is 9.98. The third-order valence-corrected chi connectivity index (χ3v) is 1.86. The highest BCUT2D eigenvalue weighted by Gasteiger charge is 2.32. The first-order valence-corrected chi connectivity index (χ1v) is 3.80. The minimum Gasteiger partial charge on any atom is -0.503 e. The summed E-state index contributed by atoms with van der Waals surface area (Å²) in [6.07, 6.45) is 5.37. The van der Waals surface area contributed by atoms with E-state index in [0.29, 0.717) is 6.42 Å². The van der Waals surface area contributed by atoms with Crippen molar-refractivity contribution in [3.63, 3.8) is 0 Å². The second-order valence-electron chi connectivity index (χ2n) is 2.85. The first-order chi connectivity index (χ1) is 6.07. The molecule has 13 heavy (non-hydrogen) atoms. The second kappa shape index (κ2) is 3.31. The van der Waals surface area contributed by atoms with Crippen LogP contribution < -0.4 is 5.32 Å². The summed E-state index contributed by atoms with van der Waals surface area (Å²) in [4.78, 5) is 21.9. The van der Waals surface area contributed by atoms with Gasteiger partial charge in [0.1, 0.15) is 0 Å². The molecule has 4 heteroatoms. The Balaban J connectivity index is 2.96. The van der Waals surface area contributed by atoms with E-state index in [9.17, 15) is 14.7 Å². The van der Waals surface area contributed by atoms with Crippen LogP contribution in [0.5, 0.6) is 0 Å². The van der Waals surface area contributed by atoms with Crippen LogP contribution in [0.4, 0.5) is 0 Å². The summed E-state index contributed by atoms with van der Waals surface area (Å²) in [5.41, 5.74) is 0.0861. The molecule has 0 radical (unpaired) electrons. The molecule has 1 heterocycles. The molecule has 0 aromatic heterocycles. The standard InChI is InChI=1S/C9H9NO3/c1-3-4-5(2)6-7(11)9(13)10-8(6)12/h1,5H,4H2,2H3,(H2,10,11,12,13). The third-order valence-electron chi connectivity index (χ3n) is 1.86. The number of aliphatic hydroxyl groups excluding tert-OH is 1. The molecule has 2 amide bonds. The van der Waals surface area contributed by atoms with Crippen LogP contribution >= 0.6 is 0 Å². The summed E-state index contributed by atoms with van der Waals surface area (Å²) in [6, 6.07) is 0. The van der Waals surface area contributed by atoms with Gasteiger partial charge in [-0.2, -0.15) is 0 Å². The van der Waals surface area contributed by atoms with Gasteiger partial charge in [0.25, 0.3) is 11.8 Å². The maximum atomic E-state index is 11.1. The Labute approximate surface area is 75.6 Å². The van der Waals surface area contributed by atoms with E-state index < -0.39 is 17.6 Å². The predicted octanol–water partition coefficient (Wildman–Crippen LogP) is 0.114. The molecule has 0 aromatic carbocycles. The maximum Gasteiger partial charge on any atom is 0.293 e. The molecule has 2 N–H and O–H groups in total. The lowest BCUT2D eigenvalue weighted by Gasteiger charge is -2.05. The van der Waals surface area contributed by atoms with Crippen LogP contribution in [0.3, 0.4) is 0 Å². The molecule has 0 fully saturated rings. The minimum absolute atomic E-state index is 0.0861. The molecule has 0 saturated heterocycles. The molecule has 1 aliphatic rings. The van der Waals surface area contributed by atoms with Gasteiger partial charge in [-0.1, -0.05) is 6.92 Å². The average Bonchev–Trinajstić information content (AvgIpc) is 2.27. The zero-order valence-electron chi connectivity index (χ0n) is 7.13. The largest absolute Gasteiger partial charge is 0.503 e. The molecule has 68 valence electrons. The van der Waals surface area contributed by atoms with Crippen LogP contribution in [0.25, 0.3) is 0 Å². The topological polar surface area (TPSA) is 66.4 Å². The van der Waals surface area contributed by atoms with E-state index in [1.807, 2.05) is 5.32 Å². The van der Waals surface area contributed by atoms with Crippen molar-refractivity contribution in [1.29, 1.82) is 0 Å². The molecular weight excluding hydrogens is 170 g/mol. The van der Waals surface area contributed by atoms with Crippen molar-refractivity contribution < 1.29 is 14.7 Å². The number of nitrogens with one attached hydrogen (secondary N) is 1. The molecule has 1 aliphatic heterocycles. The number of carbonyl (C=O) groups excluding carboxylic acids is 2. The summed E-state index contributed by atoms with van der Waals surface area (Å²) in [7, 11) is 0. The van der Waals surface area contributed by atoms with Crippen molar-refractivity contribution in [2.24, 2.45) is 5.92 Å².